The van der Waals surface area contributed by atoms with Crippen molar-refractivity contribution < 1.29 is 5.11 Å². The number of H-pyrrole nitrogens is 1. The van der Waals surface area contributed by atoms with E-state index in [0.717, 1.165) is 11.1 Å². The summed E-state index contributed by atoms with van der Waals surface area (Å²) >= 11 is 5.69. The van der Waals surface area contributed by atoms with E-state index in [1.54, 1.807) is 24.5 Å². The second-order valence-corrected chi connectivity index (χ2v) is 3.08. The number of nitrogens with one attached hydrogen (secondary N) is 1. The van der Waals surface area contributed by atoms with Crippen LogP contribution in [-0.2, 0) is 0 Å². The molecule has 0 unspecified atom stereocenters. The third-order valence-corrected chi connectivity index (χ3v) is 2.00. The predicted octanol–water partition coefficient (Wildman–Crippen LogP) is 2.44. The number of aromatic nitrogens is 2. The van der Waals surface area contributed by atoms with Crippen LogP contribution < -0.4 is 0 Å². The van der Waals surface area contributed by atoms with E-state index in [-0.39, 0.29) is 5.75 Å². The van der Waals surface area contributed by atoms with Crippen LogP contribution in [0.3, 0.4) is 0 Å². The Kier molecular flexibility index (Phi) is 1.94. The Balaban J connectivity index is 2.53. The highest BCUT2D eigenvalue weighted by Gasteiger charge is 2.04. The quantitative estimate of drug-likeness (QED) is 0.733. The van der Waals surface area contributed by atoms with Gasteiger partial charge in [-0.25, -0.2) is 0 Å². The summed E-state index contributed by atoms with van der Waals surface area (Å²) in [5, 5.41) is 16.5. The summed E-state index contributed by atoms with van der Waals surface area (Å²) < 4.78 is 0. The molecule has 0 amide bonds. The van der Waals surface area contributed by atoms with E-state index in [0.29, 0.717) is 5.02 Å². The molecule has 0 fully saturated rings. The van der Waals surface area contributed by atoms with Crippen molar-refractivity contribution in [3.8, 4) is 16.9 Å². The zero-order valence-corrected chi connectivity index (χ0v) is 7.42. The molecule has 1 aromatic heterocycles. The Morgan fingerprint density at radius 3 is 2.85 bits per heavy atom. The first-order valence-corrected chi connectivity index (χ1v) is 4.13. The molecule has 1 heterocycles. The summed E-state index contributed by atoms with van der Waals surface area (Å²) in [6.45, 7) is 0. The van der Waals surface area contributed by atoms with Gasteiger partial charge in [0, 0.05) is 22.3 Å². The van der Waals surface area contributed by atoms with Crippen molar-refractivity contribution in [2.24, 2.45) is 0 Å². The fraction of sp³-hybridized carbons (Fsp3) is 0. The van der Waals surface area contributed by atoms with Crippen LogP contribution >= 0.6 is 11.6 Å². The van der Waals surface area contributed by atoms with Crippen LogP contribution in [0.25, 0.3) is 11.1 Å². The zero-order valence-electron chi connectivity index (χ0n) is 6.66. The second-order valence-electron chi connectivity index (χ2n) is 2.65. The topological polar surface area (TPSA) is 48.9 Å². The molecule has 2 N–H and O–H groups in total. The Morgan fingerprint density at radius 2 is 2.23 bits per heavy atom. The van der Waals surface area contributed by atoms with E-state index in [1.807, 2.05) is 0 Å². The minimum Gasteiger partial charge on any atom is -0.507 e. The highest BCUT2D eigenvalue weighted by molar-refractivity contribution is 6.30. The van der Waals surface area contributed by atoms with Gasteiger partial charge in [-0.15, -0.1) is 0 Å². The molecule has 0 spiro atoms. The number of benzene rings is 1. The third-order valence-electron chi connectivity index (χ3n) is 1.77. The van der Waals surface area contributed by atoms with Gasteiger partial charge in [-0.2, -0.15) is 5.10 Å². The van der Waals surface area contributed by atoms with Crippen LogP contribution in [0.15, 0.2) is 30.6 Å². The lowest BCUT2D eigenvalue weighted by Gasteiger charge is -2.00. The fourth-order valence-electron chi connectivity index (χ4n) is 1.15. The molecule has 2 aromatic rings. The van der Waals surface area contributed by atoms with Gasteiger partial charge in [0.2, 0.25) is 0 Å². The lowest BCUT2D eigenvalue weighted by molar-refractivity contribution is 0.477. The molecule has 3 nitrogen and oxygen atoms in total. The van der Waals surface area contributed by atoms with Crippen LogP contribution in [0.1, 0.15) is 0 Å². The lowest BCUT2D eigenvalue weighted by Crippen LogP contribution is -1.75. The number of hydrogen-bond acceptors (Lipinski definition) is 2. The molecule has 1 aromatic carbocycles. The number of halogens is 1. The SMILES string of the molecule is Oc1cc(Cl)ccc1-c1cn[nH]c1. The fourth-order valence-corrected chi connectivity index (χ4v) is 1.31. The number of phenols is 1. The smallest absolute Gasteiger partial charge is 0.125 e. The molecule has 0 aliphatic carbocycles. The maximum absolute atomic E-state index is 9.54. The first-order valence-electron chi connectivity index (χ1n) is 3.75. The predicted molar refractivity (Wildman–Crippen MR) is 50.7 cm³/mol. The molecular formula is C9H7ClN2O. The third kappa shape index (κ3) is 1.51. The molecule has 0 aliphatic rings. The standard InChI is InChI=1S/C9H7ClN2O/c10-7-1-2-8(9(13)3-7)6-4-11-12-5-6/h1-5,13H,(H,11,12). The number of hydrogen-bond donors (Lipinski definition) is 2. The first-order chi connectivity index (χ1) is 6.27. The summed E-state index contributed by atoms with van der Waals surface area (Å²) in [6, 6.07) is 4.98. The Morgan fingerprint density at radius 1 is 1.38 bits per heavy atom. The molecular weight excluding hydrogens is 188 g/mol. The van der Waals surface area contributed by atoms with Crippen molar-refractivity contribution in [3.05, 3.63) is 35.6 Å². The van der Waals surface area contributed by atoms with Crippen molar-refractivity contribution in [2.75, 3.05) is 0 Å². The maximum atomic E-state index is 9.54. The van der Waals surface area contributed by atoms with Crippen molar-refractivity contribution in [2.45, 2.75) is 0 Å². The highest BCUT2D eigenvalue weighted by Crippen LogP contribution is 2.30. The Bertz CT molecular complexity index is 412. The maximum Gasteiger partial charge on any atom is 0.125 e. The number of aromatic amines is 1. The van der Waals surface area contributed by atoms with Gasteiger partial charge in [-0.05, 0) is 18.2 Å². The molecule has 0 saturated carbocycles. The zero-order chi connectivity index (χ0) is 9.26. The molecule has 2 rings (SSSR count). The summed E-state index contributed by atoms with van der Waals surface area (Å²) in [5.41, 5.74) is 1.56. The van der Waals surface area contributed by atoms with Crippen LogP contribution in [-0.4, -0.2) is 15.3 Å². The second kappa shape index (κ2) is 3.11. The minimum atomic E-state index is 0.161. The molecule has 0 atom stereocenters. The molecule has 0 aliphatic heterocycles. The number of rotatable bonds is 1. The van der Waals surface area contributed by atoms with Crippen LogP contribution in [0, 0.1) is 0 Å². The van der Waals surface area contributed by atoms with Crippen LogP contribution in [0.4, 0.5) is 0 Å². The highest BCUT2D eigenvalue weighted by atomic mass is 35.5. The number of phenolic OH excluding ortho intramolecular Hbond substituents is 1. The largest absolute Gasteiger partial charge is 0.507 e. The van der Waals surface area contributed by atoms with Gasteiger partial charge < -0.3 is 5.11 Å². The Labute approximate surface area is 80.0 Å². The van der Waals surface area contributed by atoms with Crippen molar-refractivity contribution in [1.29, 1.82) is 0 Å². The van der Waals surface area contributed by atoms with Gasteiger partial charge in [0.25, 0.3) is 0 Å². The van der Waals surface area contributed by atoms with E-state index >= 15 is 0 Å². The van der Waals surface area contributed by atoms with Crippen molar-refractivity contribution >= 4 is 11.6 Å². The monoisotopic (exact) mass is 194 g/mol. The molecule has 0 bridgehead atoms. The van der Waals surface area contributed by atoms with Gasteiger partial charge in [0.1, 0.15) is 5.75 Å². The average molecular weight is 195 g/mol. The lowest BCUT2D eigenvalue weighted by atomic mass is 10.1. The molecule has 0 saturated heterocycles. The van der Waals surface area contributed by atoms with Gasteiger partial charge in [-0.1, -0.05) is 11.6 Å². The first kappa shape index (κ1) is 8.13. The molecule has 13 heavy (non-hydrogen) atoms. The van der Waals surface area contributed by atoms with Crippen LogP contribution in [0.2, 0.25) is 5.02 Å². The van der Waals surface area contributed by atoms with Crippen molar-refractivity contribution in [1.82, 2.24) is 10.2 Å². The van der Waals surface area contributed by atoms with Gasteiger partial charge in [0.05, 0.1) is 6.20 Å². The van der Waals surface area contributed by atoms with Crippen LogP contribution in [0.5, 0.6) is 5.75 Å². The molecule has 66 valence electrons. The Hall–Kier alpha value is -1.48. The van der Waals surface area contributed by atoms with Crippen molar-refractivity contribution in [3.63, 3.8) is 0 Å². The van der Waals surface area contributed by atoms with E-state index in [2.05, 4.69) is 10.2 Å². The number of nitrogens with zero attached hydrogens (tertiary/aromatic N) is 1. The minimum absolute atomic E-state index is 0.161. The molecule has 0 radical (unpaired) electrons. The van der Waals surface area contributed by atoms with Gasteiger partial charge in [-0.3, -0.25) is 5.10 Å². The average Bonchev–Trinajstić information content (AvgIpc) is 2.56. The van der Waals surface area contributed by atoms with E-state index in [4.69, 9.17) is 11.6 Å². The summed E-state index contributed by atoms with van der Waals surface area (Å²) in [5.74, 6) is 0.161. The summed E-state index contributed by atoms with van der Waals surface area (Å²) in [6.07, 6.45) is 3.35. The van der Waals surface area contributed by atoms with Gasteiger partial charge in [0.15, 0.2) is 0 Å². The summed E-state index contributed by atoms with van der Waals surface area (Å²) in [4.78, 5) is 0. The molecule has 4 heteroatoms. The van der Waals surface area contributed by atoms with E-state index in [1.165, 1.54) is 6.07 Å². The van der Waals surface area contributed by atoms with E-state index in [9.17, 15) is 5.11 Å². The normalized spacial score (nSPS) is 10.2. The van der Waals surface area contributed by atoms with Gasteiger partial charge >= 0.3 is 0 Å². The number of aromatic hydroxyl groups is 1. The summed E-state index contributed by atoms with van der Waals surface area (Å²) in [7, 11) is 0. The van der Waals surface area contributed by atoms with E-state index < -0.39 is 0 Å².